The van der Waals surface area contributed by atoms with Crippen LogP contribution in [-0.2, 0) is 0 Å². The summed E-state index contributed by atoms with van der Waals surface area (Å²) in [6.07, 6.45) is 1.19. The van der Waals surface area contributed by atoms with E-state index in [1.807, 2.05) is 0 Å². The number of nitrogens with one attached hydrogen (secondary N) is 1. The van der Waals surface area contributed by atoms with E-state index in [0.717, 1.165) is 18.2 Å². The second-order valence-electron chi connectivity index (χ2n) is 6.15. The van der Waals surface area contributed by atoms with Crippen molar-refractivity contribution in [3.05, 3.63) is 34.9 Å². The van der Waals surface area contributed by atoms with Gasteiger partial charge in [-0.05, 0) is 43.9 Å². The van der Waals surface area contributed by atoms with Gasteiger partial charge in [0.05, 0.1) is 0 Å². The highest BCUT2D eigenvalue weighted by Crippen LogP contribution is 2.27. The first-order valence-corrected chi connectivity index (χ1v) is 8.92. The molecule has 0 heterocycles. The maximum absolute atomic E-state index is 3.73. The highest BCUT2D eigenvalue weighted by molar-refractivity contribution is 7.99. The van der Waals surface area contributed by atoms with Crippen molar-refractivity contribution >= 4 is 11.8 Å². The molecule has 0 aliphatic carbocycles. The van der Waals surface area contributed by atoms with Crippen LogP contribution in [0.2, 0.25) is 0 Å². The first-order valence-electron chi connectivity index (χ1n) is 7.87. The van der Waals surface area contributed by atoms with Crippen molar-refractivity contribution in [2.45, 2.75) is 59.3 Å². The van der Waals surface area contributed by atoms with Gasteiger partial charge in [0.1, 0.15) is 0 Å². The molecular formula is C18H31NS. The van der Waals surface area contributed by atoms with Gasteiger partial charge in [0, 0.05) is 17.0 Å². The molecule has 0 amide bonds. The van der Waals surface area contributed by atoms with Crippen LogP contribution in [0.4, 0.5) is 0 Å². The van der Waals surface area contributed by atoms with E-state index in [1.165, 1.54) is 23.1 Å². The highest BCUT2D eigenvalue weighted by Gasteiger charge is 2.16. The maximum Gasteiger partial charge on any atom is 0.0414 e. The van der Waals surface area contributed by atoms with Crippen molar-refractivity contribution in [3.63, 3.8) is 0 Å². The molecule has 2 heteroatoms. The van der Waals surface area contributed by atoms with Crippen LogP contribution in [0, 0.1) is 19.8 Å². The van der Waals surface area contributed by atoms with Crippen molar-refractivity contribution in [2.75, 3.05) is 12.3 Å². The molecule has 0 fully saturated rings. The Bertz CT molecular complexity index is 400. The van der Waals surface area contributed by atoms with Gasteiger partial charge in [0.25, 0.3) is 0 Å². The molecule has 0 aromatic heterocycles. The third-order valence-corrected chi connectivity index (χ3v) is 5.51. The Morgan fingerprint density at radius 2 is 1.85 bits per heavy atom. The standard InChI is InChI=1S/C18H31NS/c1-7-10-19-18(12-20-16(6)13(2)3)17-11-14(4)8-9-15(17)5/h8-9,11,13,16,18-19H,7,10,12H2,1-6H3. The van der Waals surface area contributed by atoms with Crippen LogP contribution in [0.3, 0.4) is 0 Å². The van der Waals surface area contributed by atoms with Crippen LogP contribution in [0.1, 0.15) is 56.8 Å². The van der Waals surface area contributed by atoms with Crippen molar-refractivity contribution in [1.29, 1.82) is 0 Å². The Morgan fingerprint density at radius 3 is 2.45 bits per heavy atom. The van der Waals surface area contributed by atoms with Gasteiger partial charge in [-0.2, -0.15) is 11.8 Å². The van der Waals surface area contributed by atoms with E-state index in [4.69, 9.17) is 0 Å². The van der Waals surface area contributed by atoms with Gasteiger partial charge in [0.2, 0.25) is 0 Å². The number of aryl methyl sites for hydroxylation is 2. The number of benzene rings is 1. The highest BCUT2D eigenvalue weighted by atomic mass is 32.2. The van der Waals surface area contributed by atoms with E-state index < -0.39 is 0 Å². The summed E-state index contributed by atoms with van der Waals surface area (Å²) in [5.74, 6) is 1.90. The molecule has 1 aromatic rings. The quantitative estimate of drug-likeness (QED) is 0.714. The summed E-state index contributed by atoms with van der Waals surface area (Å²) in [7, 11) is 0. The Labute approximate surface area is 129 Å². The fourth-order valence-corrected chi connectivity index (χ4v) is 3.33. The van der Waals surface area contributed by atoms with Crippen molar-refractivity contribution in [1.82, 2.24) is 5.32 Å². The molecule has 20 heavy (non-hydrogen) atoms. The second-order valence-corrected chi connectivity index (χ2v) is 7.56. The van der Waals surface area contributed by atoms with Crippen LogP contribution in [0.5, 0.6) is 0 Å². The molecule has 0 aliphatic heterocycles. The van der Waals surface area contributed by atoms with Crippen LogP contribution < -0.4 is 5.32 Å². The molecule has 1 nitrogen and oxygen atoms in total. The predicted octanol–water partition coefficient (Wildman–Crippen LogP) is 5.12. The number of rotatable bonds is 8. The molecule has 0 saturated heterocycles. The van der Waals surface area contributed by atoms with Crippen LogP contribution >= 0.6 is 11.8 Å². The summed E-state index contributed by atoms with van der Waals surface area (Å²) >= 11 is 2.09. The Hall–Kier alpha value is -0.470. The fraction of sp³-hybridized carbons (Fsp3) is 0.667. The molecule has 0 bridgehead atoms. The summed E-state index contributed by atoms with van der Waals surface area (Å²) in [5, 5.41) is 4.44. The van der Waals surface area contributed by atoms with E-state index in [0.29, 0.717) is 11.3 Å². The van der Waals surface area contributed by atoms with Gasteiger partial charge in [-0.1, -0.05) is 51.5 Å². The third-order valence-electron chi connectivity index (χ3n) is 3.92. The normalized spacial score (nSPS) is 14.6. The van der Waals surface area contributed by atoms with Gasteiger partial charge >= 0.3 is 0 Å². The van der Waals surface area contributed by atoms with Gasteiger partial charge in [-0.3, -0.25) is 0 Å². The SMILES string of the molecule is CCCNC(CSC(C)C(C)C)c1cc(C)ccc1C. The summed E-state index contributed by atoms with van der Waals surface area (Å²) in [4.78, 5) is 0. The summed E-state index contributed by atoms with van der Waals surface area (Å²) in [6.45, 7) is 14.7. The smallest absolute Gasteiger partial charge is 0.0414 e. The second kappa shape index (κ2) is 8.74. The largest absolute Gasteiger partial charge is 0.309 e. The minimum absolute atomic E-state index is 0.473. The number of hydrogen-bond donors (Lipinski definition) is 1. The van der Waals surface area contributed by atoms with Crippen LogP contribution in [0.25, 0.3) is 0 Å². The topological polar surface area (TPSA) is 12.0 Å². The average Bonchev–Trinajstić information content (AvgIpc) is 2.41. The number of thioether (sulfide) groups is 1. The molecular weight excluding hydrogens is 262 g/mol. The third kappa shape index (κ3) is 5.49. The molecule has 1 aromatic carbocycles. The first kappa shape index (κ1) is 17.6. The molecule has 0 aliphatic rings. The lowest BCUT2D eigenvalue weighted by molar-refractivity contribution is 0.571. The zero-order chi connectivity index (χ0) is 15.1. The molecule has 1 N–H and O–H groups in total. The summed E-state index contributed by atoms with van der Waals surface area (Å²) in [6, 6.07) is 7.28. The lowest BCUT2D eigenvalue weighted by Gasteiger charge is -2.24. The van der Waals surface area contributed by atoms with E-state index in [1.54, 1.807) is 0 Å². The Balaban J connectivity index is 2.80. The first-order chi connectivity index (χ1) is 9.45. The van der Waals surface area contributed by atoms with Crippen LogP contribution in [-0.4, -0.2) is 17.5 Å². The van der Waals surface area contributed by atoms with E-state index in [2.05, 4.69) is 76.8 Å². The van der Waals surface area contributed by atoms with E-state index in [-0.39, 0.29) is 0 Å². The lowest BCUT2D eigenvalue weighted by Crippen LogP contribution is -2.26. The van der Waals surface area contributed by atoms with Gasteiger partial charge in [0.15, 0.2) is 0 Å². The monoisotopic (exact) mass is 293 g/mol. The van der Waals surface area contributed by atoms with Gasteiger partial charge < -0.3 is 5.32 Å². The zero-order valence-electron chi connectivity index (χ0n) is 14.0. The predicted molar refractivity (Wildman–Crippen MR) is 93.7 cm³/mol. The Kier molecular flexibility index (Phi) is 7.68. The van der Waals surface area contributed by atoms with Crippen molar-refractivity contribution in [2.24, 2.45) is 5.92 Å². The summed E-state index contributed by atoms with van der Waals surface area (Å²) in [5.41, 5.74) is 4.24. The summed E-state index contributed by atoms with van der Waals surface area (Å²) < 4.78 is 0. The van der Waals surface area contributed by atoms with E-state index in [9.17, 15) is 0 Å². The molecule has 2 unspecified atom stereocenters. The zero-order valence-corrected chi connectivity index (χ0v) is 14.8. The van der Waals surface area contributed by atoms with Gasteiger partial charge in [-0.25, -0.2) is 0 Å². The molecule has 1 rings (SSSR count). The average molecular weight is 294 g/mol. The molecule has 2 atom stereocenters. The lowest BCUT2D eigenvalue weighted by atomic mass is 10.00. The van der Waals surface area contributed by atoms with Gasteiger partial charge in [-0.15, -0.1) is 0 Å². The van der Waals surface area contributed by atoms with E-state index >= 15 is 0 Å². The molecule has 0 radical (unpaired) electrons. The van der Waals surface area contributed by atoms with Crippen molar-refractivity contribution < 1.29 is 0 Å². The number of hydrogen-bond acceptors (Lipinski definition) is 2. The minimum atomic E-state index is 0.473. The van der Waals surface area contributed by atoms with Crippen LogP contribution in [0.15, 0.2) is 18.2 Å². The minimum Gasteiger partial charge on any atom is -0.309 e. The maximum atomic E-state index is 3.73. The Morgan fingerprint density at radius 1 is 1.15 bits per heavy atom. The van der Waals surface area contributed by atoms with Crippen molar-refractivity contribution in [3.8, 4) is 0 Å². The fourth-order valence-electron chi connectivity index (χ4n) is 2.15. The molecule has 0 spiro atoms. The molecule has 0 saturated carbocycles. The molecule has 114 valence electrons.